The van der Waals surface area contributed by atoms with E-state index in [9.17, 15) is 0 Å². The van der Waals surface area contributed by atoms with Crippen LogP contribution < -0.4 is 0 Å². The molecule has 0 saturated carbocycles. The van der Waals surface area contributed by atoms with E-state index in [1.807, 2.05) is 32.0 Å². The van der Waals surface area contributed by atoms with Crippen LogP contribution in [0.25, 0.3) is 11.4 Å². The van der Waals surface area contributed by atoms with Gasteiger partial charge in [0.15, 0.2) is 0 Å². The Morgan fingerprint density at radius 1 is 1.35 bits per heavy atom. The number of hydrogen-bond acceptors (Lipinski definition) is 2. The molecule has 5 heteroatoms. The molecule has 0 radical (unpaired) electrons. The fourth-order valence-electron chi connectivity index (χ4n) is 1.43. The third-order valence-corrected chi connectivity index (χ3v) is 4.21. The highest BCUT2D eigenvalue weighted by atomic mass is 79.9. The summed E-state index contributed by atoms with van der Waals surface area (Å²) in [6, 6.07) is 5.66. The van der Waals surface area contributed by atoms with E-state index < -0.39 is 0 Å². The van der Waals surface area contributed by atoms with Crippen molar-refractivity contribution in [3.05, 3.63) is 43.6 Å². The minimum Gasteiger partial charge on any atom is -0.343 e. The molecule has 0 amide bonds. The van der Waals surface area contributed by atoms with Crippen LogP contribution in [-0.2, 0) is 0 Å². The van der Waals surface area contributed by atoms with Gasteiger partial charge in [0, 0.05) is 21.3 Å². The van der Waals surface area contributed by atoms with Gasteiger partial charge in [-0.15, -0.1) is 0 Å². The molecule has 0 unspecified atom stereocenters. The van der Waals surface area contributed by atoms with Gasteiger partial charge in [0.05, 0.1) is 5.02 Å². The van der Waals surface area contributed by atoms with Crippen molar-refractivity contribution in [3.8, 4) is 11.4 Å². The van der Waals surface area contributed by atoms with E-state index in [0.717, 1.165) is 27.1 Å². The maximum Gasteiger partial charge on any atom is 0.139 e. The first-order chi connectivity index (χ1) is 7.99. The van der Waals surface area contributed by atoms with Crippen LogP contribution in [0.5, 0.6) is 0 Å². The molecule has 0 fully saturated rings. The summed E-state index contributed by atoms with van der Waals surface area (Å²) in [4.78, 5) is 7.61. The van der Waals surface area contributed by atoms with E-state index in [-0.39, 0.29) is 0 Å². The van der Waals surface area contributed by atoms with Gasteiger partial charge in [0.25, 0.3) is 0 Å². The van der Waals surface area contributed by atoms with E-state index in [1.165, 1.54) is 0 Å². The van der Waals surface area contributed by atoms with Crippen LogP contribution in [0.4, 0.5) is 0 Å². The number of nitrogens with one attached hydrogen (secondary N) is 1. The standard InChI is InChI=1S/C12H10BrClN2S/c1-6-7(2)15-11(16-12(6)17)8-3-4-10(14)9(13)5-8/h3-5H,1-2H3,(H,15,16,17). The van der Waals surface area contributed by atoms with Crippen LogP contribution in [0.15, 0.2) is 22.7 Å². The fraction of sp³-hybridized carbons (Fsp3) is 0.167. The van der Waals surface area contributed by atoms with Crippen LogP contribution >= 0.6 is 39.7 Å². The fourth-order valence-corrected chi connectivity index (χ4v) is 2.17. The summed E-state index contributed by atoms with van der Waals surface area (Å²) in [6.07, 6.45) is 0. The van der Waals surface area contributed by atoms with E-state index in [1.54, 1.807) is 0 Å². The molecule has 0 saturated heterocycles. The zero-order valence-electron chi connectivity index (χ0n) is 9.34. The number of nitrogens with zero attached hydrogens (tertiary/aromatic N) is 1. The molecule has 1 aromatic carbocycles. The average molecular weight is 330 g/mol. The second kappa shape index (κ2) is 4.88. The zero-order chi connectivity index (χ0) is 12.6. The Bertz CT molecular complexity index is 637. The normalized spacial score (nSPS) is 10.6. The molecule has 2 rings (SSSR count). The van der Waals surface area contributed by atoms with Crippen molar-refractivity contribution in [2.24, 2.45) is 0 Å². The van der Waals surface area contributed by atoms with Crippen molar-refractivity contribution < 1.29 is 0 Å². The Morgan fingerprint density at radius 3 is 2.65 bits per heavy atom. The first-order valence-electron chi connectivity index (χ1n) is 5.02. The molecular weight excluding hydrogens is 320 g/mol. The summed E-state index contributed by atoms with van der Waals surface area (Å²) in [7, 11) is 0. The highest BCUT2D eigenvalue weighted by Gasteiger charge is 2.06. The van der Waals surface area contributed by atoms with Crippen LogP contribution in [0.1, 0.15) is 11.3 Å². The molecule has 0 aliphatic heterocycles. The van der Waals surface area contributed by atoms with Gasteiger partial charge >= 0.3 is 0 Å². The molecule has 1 aromatic heterocycles. The van der Waals surface area contributed by atoms with E-state index in [4.69, 9.17) is 23.8 Å². The largest absolute Gasteiger partial charge is 0.343 e. The molecule has 2 nitrogen and oxygen atoms in total. The third-order valence-electron chi connectivity index (χ3n) is 2.60. The first kappa shape index (κ1) is 12.7. The van der Waals surface area contributed by atoms with Crippen molar-refractivity contribution >= 4 is 39.7 Å². The smallest absolute Gasteiger partial charge is 0.139 e. The van der Waals surface area contributed by atoms with Gasteiger partial charge in [-0.25, -0.2) is 4.98 Å². The number of hydrogen-bond donors (Lipinski definition) is 1. The monoisotopic (exact) mass is 328 g/mol. The van der Waals surface area contributed by atoms with E-state index in [2.05, 4.69) is 25.9 Å². The third kappa shape index (κ3) is 2.59. The Balaban J connectivity index is 2.61. The molecule has 0 aliphatic rings. The van der Waals surface area contributed by atoms with Crippen molar-refractivity contribution in [2.75, 3.05) is 0 Å². The van der Waals surface area contributed by atoms with Gasteiger partial charge in [0.1, 0.15) is 10.5 Å². The Hall–Kier alpha value is -0.710. The Kier molecular flexibility index (Phi) is 3.66. The van der Waals surface area contributed by atoms with Gasteiger partial charge in [-0.05, 0) is 48.0 Å². The number of benzene rings is 1. The zero-order valence-corrected chi connectivity index (χ0v) is 12.5. The molecular formula is C12H10BrClN2S. The van der Waals surface area contributed by atoms with Crippen molar-refractivity contribution in [1.82, 2.24) is 9.97 Å². The van der Waals surface area contributed by atoms with Gasteiger partial charge in [-0.2, -0.15) is 0 Å². The predicted molar refractivity (Wildman–Crippen MR) is 77.0 cm³/mol. The minimum atomic E-state index is 0.627. The van der Waals surface area contributed by atoms with Gasteiger partial charge in [-0.1, -0.05) is 23.8 Å². The molecule has 88 valence electrons. The number of H-pyrrole nitrogens is 1. The molecule has 2 aromatic rings. The summed E-state index contributed by atoms with van der Waals surface area (Å²) >= 11 is 14.6. The number of halogens is 2. The summed E-state index contributed by atoms with van der Waals surface area (Å²) < 4.78 is 1.47. The lowest BCUT2D eigenvalue weighted by Crippen LogP contribution is -1.96. The van der Waals surface area contributed by atoms with Crippen LogP contribution in [0.2, 0.25) is 5.02 Å². The average Bonchev–Trinajstić information content (AvgIpc) is 2.29. The molecule has 0 bridgehead atoms. The molecule has 0 spiro atoms. The second-order valence-electron chi connectivity index (χ2n) is 3.77. The minimum absolute atomic E-state index is 0.627. The number of rotatable bonds is 1. The number of aromatic nitrogens is 2. The summed E-state index contributed by atoms with van der Waals surface area (Å²) in [5.41, 5.74) is 3.00. The SMILES string of the molecule is Cc1[nH]c(-c2ccc(Cl)c(Br)c2)nc(=S)c1C. The van der Waals surface area contributed by atoms with Crippen LogP contribution in [0, 0.1) is 18.5 Å². The topological polar surface area (TPSA) is 28.7 Å². The van der Waals surface area contributed by atoms with E-state index >= 15 is 0 Å². The Labute approximate surface area is 118 Å². The first-order valence-corrected chi connectivity index (χ1v) is 6.60. The highest BCUT2D eigenvalue weighted by molar-refractivity contribution is 9.10. The highest BCUT2D eigenvalue weighted by Crippen LogP contribution is 2.27. The lowest BCUT2D eigenvalue weighted by Gasteiger charge is -2.06. The molecule has 0 atom stereocenters. The Morgan fingerprint density at radius 2 is 2.06 bits per heavy atom. The lowest BCUT2D eigenvalue weighted by molar-refractivity contribution is 1.06. The predicted octanol–water partition coefficient (Wildman–Crippen LogP) is 4.84. The van der Waals surface area contributed by atoms with Crippen LogP contribution in [-0.4, -0.2) is 9.97 Å². The molecule has 0 aliphatic carbocycles. The lowest BCUT2D eigenvalue weighted by atomic mass is 10.2. The van der Waals surface area contributed by atoms with Crippen molar-refractivity contribution in [2.45, 2.75) is 13.8 Å². The summed E-state index contributed by atoms with van der Waals surface area (Å²) in [5.74, 6) is 0.760. The van der Waals surface area contributed by atoms with E-state index in [0.29, 0.717) is 9.66 Å². The van der Waals surface area contributed by atoms with Crippen LogP contribution in [0.3, 0.4) is 0 Å². The number of aromatic amines is 1. The van der Waals surface area contributed by atoms with Gasteiger partial charge < -0.3 is 4.98 Å². The quantitative estimate of drug-likeness (QED) is 0.758. The van der Waals surface area contributed by atoms with Crippen molar-refractivity contribution in [1.29, 1.82) is 0 Å². The molecule has 1 heterocycles. The molecule has 1 N–H and O–H groups in total. The number of aryl methyl sites for hydroxylation is 1. The van der Waals surface area contributed by atoms with Crippen molar-refractivity contribution in [3.63, 3.8) is 0 Å². The maximum atomic E-state index is 5.96. The maximum absolute atomic E-state index is 5.96. The van der Waals surface area contributed by atoms with Gasteiger partial charge in [-0.3, -0.25) is 0 Å². The van der Waals surface area contributed by atoms with Gasteiger partial charge in [0.2, 0.25) is 0 Å². The summed E-state index contributed by atoms with van der Waals surface area (Å²) in [6.45, 7) is 3.95. The molecule has 17 heavy (non-hydrogen) atoms. The second-order valence-corrected chi connectivity index (χ2v) is 5.42. The summed E-state index contributed by atoms with van der Waals surface area (Å²) in [5, 5.41) is 0.677.